The molecule has 0 saturated heterocycles. The minimum absolute atomic E-state index is 0.254. The van der Waals surface area contributed by atoms with Crippen LogP contribution in [0.25, 0.3) is 0 Å². The highest BCUT2D eigenvalue weighted by Gasteiger charge is 2.34. The maximum atomic E-state index is 12.7. The van der Waals surface area contributed by atoms with E-state index < -0.39 is 23.8 Å². The summed E-state index contributed by atoms with van der Waals surface area (Å²) in [7, 11) is 2.68. The highest BCUT2D eigenvalue weighted by molar-refractivity contribution is 5.75. The van der Waals surface area contributed by atoms with E-state index >= 15 is 0 Å². The van der Waals surface area contributed by atoms with Gasteiger partial charge in [0.1, 0.15) is 18.4 Å². The molecular formula is C12H14F3NO3. The summed E-state index contributed by atoms with van der Waals surface area (Å²) in [6.07, 6.45) is -4.50. The van der Waals surface area contributed by atoms with Gasteiger partial charge >= 0.3 is 12.1 Å². The summed E-state index contributed by atoms with van der Waals surface area (Å²) in [6.45, 7) is -0.254. The lowest BCUT2D eigenvalue weighted by molar-refractivity contribution is -0.143. The molecule has 1 rings (SSSR count). The molecule has 1 aromatic carbocycles. The molecule has 0 bridgehead atoms. The molecule has 0 heterocycles. The third kappa shape index (κ3) is 4.13. The third-order valence-electron chi connectivity index (χ3n) is 2.43. The van der Waals surface area contributed by atoms with Crippen LogP contribution in [0.15, 0.2) is 24.3 Å². The van der Waals surface area contributed by atoms with Crippen molar-refractivity contribution >= 4 is 5.97 Å². The second-order valence-corrected chi connectivity index (χ2v) is 3.67. The standard InChI is InChI=1S/C12H14F3NO3/c1-16-9(11(17)18-2)7-19-10-6-4-3-5-8(10)12(13,14)15/h3-6,9,16H,7H2,1-2H3. The molecule has 4 nitrogen and oxygen atoms in total. The number of methoxy groups -OCH3 is 1. The molecule has 1 aromatic rings. The van der Waals surface area contributed by atoms with Crippen molar-refractivity contribution in [2.24, 2.45) is 0 Å². The fraction of sp³-hybridized carbons (Fsp3) is 0.417. The van der Waals surface area contributed by atoms with E-state index in [1.807, 2.05) is 0 Å². The predicted molar refractivity (Wildman–Crippen MR) is 61.8 cm³/mol. The molecule has 1 unspecified atom stereocenters. The van der Waals surface area contributed by atoms with Crippen molar-refractivity contribution in [1.29, 1.82) is 0 Å². The van der Waals surface area contributed by atoms with Crippen molar-refractivity contribution in [3.63, 3.8) is 0 Å². The summed E-state index contributed by atoms with van der Waals surface area (Å²) in [5.74, 6) is -0.925. The second kappa shape index (κ2) is 6.42. The number of ether oxygens (including phenoxy) is 2. The lowest BCUT2D eigenvalue weighted by Gasteiger charge is -2.17. The number of esters is 1. The maximum Gasteiger partial charge on any atom is 0.419 e. The third-order valence-corrected chi connectivity index (χ3v) is 2.43. The smallest absolute Gasteiger partial charge is 0.419 e. The van der Waals surface area contributed by atoms with Gasteiger partial charge in [-0.3, -0.25) is 4.79 Å². The summed E-state index contributed by atoms with van der Waals surface area (Å²) < 4.78 is 47.6. The first kappa shape index (κ1) is 15.3. The van der Waals surface area contributed by atoms with Crippen LogP contribution in [0.2, 0.25) is 0 Å². The Balaban J connectivity index is 2.80. The molecule has 1 atom stereocenters. The van der Waals surface area contributed by atoms with Crippen LogP contribution in [0.4, 0.5) is 13.2 Å². The van der Waals surface area contributed by atoms with Crippen molar-refractivity contribution < 1.29 is 27.4 Å². The van der Waals surface area contributed by atoms with E-state index in [2.05, 4.69) is 10.1 Å². The van der Waals surface area contributed by atoms with Gasteiger partial charge < -0.3 is 14.8 Å². The second-order valence-electron chi connectivity index (χ2n) is 3.67. The number of rotatable bonds is 5. The Morgan fingerprint density at radius 2 is 2.00 bits per heavy atom. The van der Waals surface area contributed by atoms with Gasteiger partial charge in [-0.1, -0.05) is 12.1 Å². The van der Waals surface area contributed by atoms with Gasteiger partial charge in [-0.25, -0.2) is 0 Å². The molecule has 0 aliphatic rings. The van der Waals surface area contributed by atoms with E-state index in [1.54, 1.807) is 0 Å². The minimum Gasteiger partial charge on any atom is -0.491 e. The van der Waals surface area contributed by atoms with E-state index in [-0.39, 0.29) is 12.4 Å². The van der Waals surface area contributed by atoms with Gasteiger partial charge in [0, 0.05) is 0 Å². The molecular weight excluding hydrogens is 263 g/mol. The van der Waals surface area contributed by atoms with Crippen molar-refractivity contribution in [3.05, 3.63) is 29.8 Å². The minimum atomic E-state index is -4.50. The topological polar surface area (TPSA) is 47.6 Å². The number of nitrogens with one attached hydrogen (secondary N) is 1. The molecule has 0 aromatic heterocycles. The van der Waals surface area contributed by atoms with E-state index in [0.717, 1.165) is 6.07 Å². The van der Waals surface area contributed by atoms with E-state index in [1.165, 1.54) is 32.4 Å². The van der Waals surface area contributed by atoms with Gasteiger partial charge in [-0.05, 0) is 19.2 Å². The largest absolute Gasteiger partial charge is 0.491 e. The highest BCUT2D eigenvalue weighted by atomic mass is 19.4. The first-order valence-electron chi connectivity index (χ1n) is 5.44. The number of carbonyl (C=O) groups excluding carboxylic acids is 1. The van der Waals surface area contributed by atoms with Gasteiger partial charge in [-0.2, -0.15) is 13.2 Å². The number of para-hydroxylation sites is 1. The fourth-order valence-corrected chi connectivity index (χ4v) is 1.41. The molecule has 106 valence electrons. The number of alkyl halides is 3. The summed E-state index contributed by atoms with van der Waals surface area (Å²) in [5, 5.41) is 2.60. The average molecular weight is 277 g/mol. The number of halogens is 3. The van der Waals surface area contributed by atoms with Crippen LogP contribution in [0.1, 0.15) is 5.56 Å². The first-order chi connectivity index (χ1) is 8.90. The number of hydrogen-bond donors (Lipinski definition) is 1. The Hall–Kier alpha value is -1.76. The normalized spacial score (nSPS) is 12.9. The summed E-state index contributed by atoms with van der Waals surface area (Å²) in [6, 6.07) is 3.99. The van der Waals surface area contributed by atoms with Crippen LogP contribution in [0, 0.1) is 0 Å². The SMILES string of the molecule is CNC(COc1ccccc1C(F)(F)F)C(=O)OC. The zero-order chi connectivity index (χ0) is 14.5. The van der Waals surface area contributed by atoms with Gasteiger partial charge in [-0.15, -0.1) is 0 Å². The number of carbonyl (C=O) groups is 1. The van der Waals surface area contributed by atoms with Crippen molar-refractivity contribution in [2.75, 3.05) is 20.8 Å². The lowest BCUT2D eigenvalue weighted by Crippen LogP contribution is -2.40. The summed E-state index contributed by atoms with van der Waals surface area (Å²) in [5.41, 5.74) is -0.880. The molecule has 19 heavy (non-hydrogen) atoms. The predicted octanol–water partition coefficient (Wildman–Crippen LogP) is 1.85. The Morgan fingerprint density at radius 1 is 1.37 bits per heavy atom. The van der Waals surface area contributed by atoms with Crippen LogP contribution < -0.4 is 10.1 Å². The molecule has 0 saturated carbocycles. The first-order valence-corrected chi connectivity index (χ1v) is 5.44. The van der Waals surface area contributed by atoms with Crippen LogP contribution in [0.3, 0.4) is 0 Å². The van der Waals surface area contributed by atoms with E-state index in [0.29, 0.717) is 0 Å². The molecule has 0 aliphatic heterocycles. The van der Waals surface area contributed by atoms with Crippen LogP contribution in [0.5, 0.6) is 5.75 Å². The molecule has 7 heteroatoms. The van der Waals surface area contributed by atoms with Gasteiger partial charge in [0.05, 0.1) is 12.7 Å². The van der Waals surface area contributed by atoms with E-state index in [4.69, 9.17) is 4.74 Å². The molecule has 0 amide bonds. The zero-order valence-electron chi connectivity index (χ0n) is 10.5. The Labute approximate surface area is 108 Å². The molecule has 1 N–H and O–H groups in total. The maximum absolute atomic E-state index is 12.7. The summed E-state index contributed by atoms with van der Waals surface area (Å²) in [4.78, 5) is 11.3. The zero-order valence-corrected chi connectivity index (χ0v) is 10.5. The lowest BCUT2D eigenvalue weighted by atomic mass is 10.2. The Kier molecular flexibility index (Phi) is 5.17. The highest BCUT2D eigenvalue weighted by Crippen LogP contribution is 2.35. The number of likely N-dealkylation sites (N-methyl/N-ethyl adjacent to an activating group) is 1. The van der Waals surface area contributed by atoms with Gasteiger partial charge in [0.15, 0.2) is 0 Å². The average Bonchev–Trinajstić information content (AvgIpc) is 2.38. The molecule has 0 fully saturated rings. The fourth-order valence-electron chi connectivity index (χ4n) is 1.41. The van der Waals surface area contributed by atoms with Crippen LogP contribution in [-0.4, -0.2) is 32.8 Å². The molecule has 0 aliphatic carbocycles. The Bertz CT molecular complexity index is 434. The quantitative estimate of drug-likeness (QED) is 0.834. The van der Waals surface area contributed by atoms with Crippen molar-refractivity contribution in [3.8, 4) is 5.75 Å². The van der Waals surface area contributed by atoms with Crippen LogP contribution >= 0.6 is 0 Å². The van der Waals surface area contributed by atoms with E-state index in [9.17, 15) is 18.0 Å². The van der Waals surface area contributed by atoms with Crippen molar-refractivity contribution in [2.45, 2.75) is 12.2 Å². The Morgan fingerprint density at radius 3 is 2.53 bits per heavy atom. The van der Waals surface area contributed by atoms with Gasteiger partial charge in [0.2, 0.25) is 0 Å². The summed E-state index contributed by atoms with van der Waals surface area (Å²) >= 11 is 0. The van der Waals surface area contributed by atoms with Crippen LogP contribution in [-0.2, 0) is 15.7 Å². The van der Waals surface area contributed by atoms with Gasteiger partial charge in [0.25, 0.3) is 0 Å². The van der Waals surface area contributed by atoms with Crippen molar-refractivity contribution in [1.82, 2.24) is 5.32 Å². The molecule has 0 radical (unpaired) electrons. The number of benzene rings is 1. The molecule has 0 spiro atoms. The number of hydrogen-bond acceptors (Lipinski definition) is 4. The monoisotopic (exact) mass is 277 g/mol.